The summed E-state index contributed by atoms with van der Waals surface area (Å²) >= 11 is 0. The minimum Gasteiger partial charge on any atom is -0.422 e. The van der Waals surface area contributed by atoms with E-state index in [1.165, 1.54) is 10.7 Å². The molecule has 1 heterocycles. The third kappa shape index (κ3) is 2.58. The molecule has 3 aromatic rings. The number of nitrogens with zero attached hydrogens (tertiary/aromatic N) is 3. The van der Waals surface area contributed by atoms with Gasteiger partial charge in [-0.15, -0.1) is 5.10 Å². The Hall–Kier alpha value is -3.02. The molecule has 0 N–H and O–H groups in total. The topological polar surface area (TPSA) is 57.0 Å². The number of aromatic nitrogens is 3. The van der Waals surface area contributed by atoms with Gasteiger partial charge in [0.1, 0.15) is 17.3 Å². The van der Waals surface area contributed by atoms with Crippen molar-refractivity contribution in [2.45, 2.75) is 6.92 Å². The molecule has 0 radical (unpaired) electrons. The monoisotopic (exact) mass is 297 g/mol. The van der Waals surface area contributed by atoms with Crippen LogP contribution >= 0.6 is 0 Å². The second-order valence-electron chi connectivity index (χ2n) is 4.59. The first-order chi connectivity index (χ1) is 10.7. The number of carbonyl (C=O) groups excluding carboxylic acids is 1. The van der Waals surface area contributed by atoms with Crippen LogP contribution in [-0.2, 0) is 0 Å². The number of rotatable bonds is 3. The molecule has 1 aromatic heterocycles. The molecule has 110 valence electrons. The minimum absolute atomic E-state index is 0.0482. The van der Waals surface area contributed by atoms with Gasteiger partial charge in [-0.2, -0.15) is 0 Å². The molecular formula is C16H12FN3O2. The molecule has 22 heavy (non-hydrogen) atoms. The summed E-state index contributed by atoms with van der Waals surface area (Å²) < 4.78 is 20.3. The number of benzene rings is 2. The van der Waals surface area contributed by atoms with Gasteiger partial charge in [0, 0.05) is 0 Å². The molecule has 0 bridgehead atoms. The normalized spacial score (nSPS) is 10.5. The lowest BCUT2D eigenvalue weighted by Crippen LogP contribution is -2.11. The van der Waals surface area contributed by atoms with Crippen LogP contribution in [0, 0.1) is 12.7 Å². The summed E-state index contributed by atoms with van der Waals surface area (Å²) in [6, 6.07) is 14.8. The molecule has 6 heteroatoms. The molecular weight excluding hydrogens is 285 g/mol. The molecule has 0 atom stereocenters. The largest absolute Gasteiger partial charge is 0.422 e. The van der Waals surface area contributed by atoms with Crippen LogP contribution in [0.4, 0.5) is 4.39 Å². The van der Waals surface area contributed by atoms with Crippen LogP contribution in [0.2, 0.25) is 0 Å². The van der Waals surface area contributed by atoms with E-state index in [9.17, 15) is 9.18 Å². The van der Waals surface area contributed by atoms with E-state index in [-0.39, 0.29) is 11.4 Å². The van der Waals surface area contributed by atoms with Gasteiger partial charge in [0.15, 0.2) is 5.69 Å². The van der Waals surface area contributed by atoms with Crippen molar-refractivity contribution in [1.82, 2.24) is 15.0 Å². The number of halogens is 1. The van der Waals surface area contributed by atoms with Gasteiger partial charge in [0.05, 0.1) is 5.69 Å². The van der Waals surface area contributed by atoms with E-state index >= 15 is 0 Å². The molecule has 0 saturated heterocycles. The fourth-order valence-electron chi connectivity index (χ4n) is 2.01. The third-order valence-electron chi connectivity index (χ3n) is 3.12. The highest BCUT2D eigenvalue weighted by Crippen LogP contribution is 2.17. The summed E-state index contributed by atoms with van der Waals surface area (Å²) in [6.45, 7) is 1.63. The smallest absolute Gasteiger partial charge is 0.366 e. The second kappa shape index (κ2) is 5.77. The SMILES string of the molecule is Cc1c(C(=O)Oc2ccccc2)nnn1-c1ccccc1F. The number of para-hydroxylation sites is 2. The van der Waals surface area contributed by atoms with E-state index in [1.807, 2.05) is 6.07 Å². The van der Waals surface area contributed by atoms with Crippen molar-refractivity contribution < 1.29 is 13.9 Å². The third-order valence-corrected chi connectivity index (χ3v) is 3.12. The Balaban J connectivity index is 1.91. The van der Waals surface area contributed by atoms with Crippen molar-refractivity contribution in [3.05, 3.63) is 71.8 Å². The molecule has 5 nitrogen and oxygen atoms in total. The van der Waals surface area contributed by atoms with Gasteiger partial charge in [-0.05, 0) is 31.2 Å². The Morgan fingerprint density at radius 3 is 2.50 bits per heavy atom. The molecule has 3 rings (SSSR count). The number of carbonyl (C=O) groups is 1. The zero-order valence-corrected chi connectivity index (χ0v) is 11.7. The summed E-state index contributed by atoms with van der Waals surface area (Å²) in [4.78, 5) is 12.1. The molecule has 0 unspecified atom stereocenters. The van der Waals surface area contributed by atoms with Crippen molar-refractivity contribution in [1.29, 1.82) is 0 Å². The fraction of sp³-hybridized carbons (Fsp3) is 0.0625. The molecule has 0 fully saturated rings. The van der Waals surface area contributed by atoms with E-state index in [2.05, 4.69) is 10.3 Å². The average Bonchev–Trinajstić information content (AvgIpc) is 2.90. The maximum atomic E-state index is 13.8. The number of hydrogen-bond donors (Lipinski definition) is 0. The van der Waals surface area contributed by atoms with Crippen molar-refractivity contribution in [3.8, 4) is 11.4 Å². The molecule has 2 aromatic carbocycles. The zero-order chi connectivity index (χ0) is 15.5. The highest BCUT2D eigenvalue weighted by molar-refractivity contribution is 5.90. The fourth-order valence-corrected chi connectivity index (χ4v) is 2.01. The maximum Gasteiger partial charge on any atom is 0.366 e. The van der Waals surface area contributed by atoms with E-state index in [4.69, 9.17) is 4.74 Å². The van der Waals surface area contributed by atoms with Crippen LogP contribution in [0.5, 0.6) is 5.75 Å². The summed E-state index contributed by atoms with van der Waals surface area (Å²) in [5.74, 6) is -0.669. The van der Waals surface area contributed by atoms with Gasteiger partial charge >= 0.3 is 5.97 Å². The van der Waals surface area contributed by atoms with Crippen LogP contribution in [0.1, 0.15) is 16.2 Å². The van der Waals surface area contributed by atoms with Crippen LogP contribution < -0.4 is 4.74 Å². The van der Waals surface area contributed by atoms with Gasteiger partial charge < -0.3 is 4.74 Å². The summed E-state index contributed by atoms with van der Waals surface area (Å²) in [5, 5.41) is 7.64. The van der Waals surface area contributed by atoms with Gasteiger partial charge in [0.25, 0.3) is 0 Å². The minimum atomic E-state index is -0.633. The van der Waals surface area contributed by atoms with Crippen molar-refractivity contribution in [2.24, 2.45) is 0 Å². The first-order valence-electron chi connectivity index (χ1n) is 6.61. The van der Waals surface area contributed by atoms with Crippen LogP contribution in [0.25, 0.3) is 5.69 Å². The van der Waals surface area contributed by atoms with Crippen molar-refractivity contribution in [2.75, 3.05) is 0 Å². The Morgan fingerprint density at radius 2 is 1.77 bits per heavy atom. The lowest BCUT2D eigenvalue weighted by molar-refractivity contribution is 0.0727. The molecule has 0 aliphatic heterocycles. The first kappa shape index (κ1) is 13.9. The van der Waals surface area contributed by atoms with Gasteiger partial charge in [-0.3, -0.25) is 0 Å². The highest BCUT2D eigenvalue weighted by atomic mass is 19.1. The van der Waals surface area contributed by atoms with Crippen LogP contribution in [0.3, 0.4) is 0 Å². The van der Waals surface area contributed by atoms with Gasteiger partial charge in [-0.1, -0.05) is 35.5 Å². The lowest BCUT2D eigenvalue weighted by atomic mass is 10.3. The number of ether oxygens (including phenoxy) is 1. The van der Waals surface area contributed by atoms with Crippen molar-refractivity contribution >= 4 is 5.97 Å². The Bertz CT molecular complexity index is 815. The first-order valence-corrected chi connectivity index (χ1v) is 6.61. The second-order valence-corrected chi connectivity index (χ2v) is 4.59. The number of hydrogen-bond acceptors (Lipinski definition) is 4. The van der Waals surface area contributed by atoms with Gasteiger partial charge in [0.2, 0.25) is 0 Å². The lowest BCUT2D eigenvalue weighted by Gasteiger charge is -2.05. The maximum absolute atomic E-state index is 13.8. The molecule has 0 saturated carbocycles. The Kier molecular flexibility index (Phi) is 3.65. The molecule has 0 aliphatic carbocycles. The van der Waals surface area contributed by atoms with E-state index in [1.54, 1.807) is 49.4 Å². The molecule has 0 amide bonds. The highest BCUT2D eigenvalue weighted by Gasteiger charge is 2.20. The van der Waals surface area contributed by atoms with E-state index in [0.29, 0.717) is 11.4 Å². The van der Waals surface area contributed by atoms with E-state index < -0.39 is 11.8 Å². The van der Waals surface area contributed by atoms with Crippen LogP contribution in [-0.4, -0.2) is 21.0 Å². The Morgan fingerprint density at radius 1 is 1.09 bits per heavy atom. The Labute approximate surface area is 126 Å². The van der Waals surface area contributed by atoms with Gasteiger partial charge in [-0.25, -0.2) is 13.9 Å². The summed E-state index contributed by atoms with van der Waals surface area (Å²) in [6.07, 6.45) is 0. The summed E-state index contributed by atoms with van der Waals surface area (Å²) in [7, 11) is 0. The van der Waals surface area contributed by atoms with E-state index in [0.717, 1.165) is 0 Å². The predicted octanol–water partition coefficient (Wildman–Crippen LogP) is 2.93. The van der Waals surface area contributed by atoms with Crippen LogP contribution in [0.15, 0.2) is 54.6 Å². The number of esters is 1. The quantitative estimate of drug-likeness (QED) is 0.551. The standard InChI is InChI=1S/C16H12FN3O2/c1-11-15(16(21)22-12-7-3-2-4-8-12)18-19-20(11)14-10-6-5-9-13(14)17/h2-10H,1H3. The molecule has 0 aliphatic rings. The summed E-state index contributed by atoms with van der Waals surface area (Å²) in [5.41, 5.74) is 0.685. The zero-order valence-electron chi connectivity index (χ0n) is 11.7. The van der Waals surface area contributed by atoms with Crippen molar-refractivity contribution in [3.63, 3.8) is 0 Å². The average molecular weight is 297 g/mol. The molecule has 0 spiro atoms. The predicted molar refractivity (Wildman–Crippen MR) is 77.5 cm³/mol.